The number of rotatable bonds is 2. The van der Waals surface area contributed by atoms with E-state index in [0.29, 0.717) is 5.92 Å². The lowest BCUT2D eigenvalue weighted by molar-refractivity contribution is 0.500. The van der Waals surface area contributed by atoms with Gasteiger partial charge in [-0.05, 0) is 31.0 Å². The number of hydrogen-bond donors (Lipinski definition) is 1. The predicted molar refractivity (Wildman–Crippen MR) is 82.4 cm³/mol. The summed E-state index contributed by atoms with van der Waals surface area (Å²) in [4.78, 5) is 7.19. The number of fused-ring (bicyclic) bond motifs is 1. The fraction of sp³-hybridized carbons (Fsp3) is 0.333. The van der Waals surface area contributed by atoms with E-state index in [4.69, 9.17) is 4.98 Å². The second-order valence-corrected chi connectivity index (χ2v) is 6.27. The third kappa shape index (κ3) is 2.08. The van der Waals surface area contributed by atoms with Gasteiger partial charge in [-0.1, -0.05) is 23.5 Å². The number of aromatic nitrogens is 3. The first-order valence-corrected chi connectivity index (χ1v) is 7.81. The molecular formula is C15H16N4S. The summed E-state index contributed by atoms with van der Waals surface area (Å²) in [5.74, 6) is 0.540. The van der Waals surface area contributed by atoms with E-state index in [1.54, 1.807) is 11.3 Å². The Morgan fingerprint density at radius 3 is 3.05 bits per heavy atom. The Kier molecular flexibility index (Phi) is 2.92. The van der Waals surface area contributed by atoms with Crippen LogP contribution in [0, 0.1) is 0 Å². The molecule has 0 radical (unpaired) electrons. The van der Waals surface area contributed by atoms with Crippen LogP contribution >= 0.6 is 11.3 Å². The molecule has 1 aromatic carbocycles. The van der Waals surface area contributed by atoms with Crippen molar-refractivity contribution in [3.05, 3.63) is 42.2 Å². The molecule has 0 unspecified atom stereocenters. The van der Waals surface area contributed by atoms with Crippen LogP contribution in [-0.4, -0.2) is 28.3 Å². The molecule has 3 aromatic rings. The first-order valence-electron chi connectivity index (χ1n) is 7.00. The maximum absolute atomic E-state index is 4.77. The number of H-pyrrole nitrogens is 1. The SMILES string of the molecule is c1ccc2sc(N3CCC[C@@H](c4ccn[nH]4)C3)nc2c1. The molecule has 1 aliphatic heterocycles. The number of aromatic amines is 1. The van der Waals surface area contributed by atoms with Crippen LogP contribution in [0.5, 0.6) is 0 Å². The van der Waals surface area contributed by atoms with Crippen LogP contribution in [0.15, 0.2) is 36.5 Å². The molecule has 1 atom stereocenters. The van der Waals surface area contributed by atoms with E-state index in [-0.39, 0.29) is 0 Å². The number of thiazole rings is 1. The van der Waals surface area contributed by atoms with Crippen LogP contribution in [0.25, 0.3) is 10.2 Å². The highest BCUT2D eigenvalue weighted by Gasteiger charge is 2.24. The predicted octanol–water partition coefficient (Wildman–Crippen LogP) is 3.40. The van der Waals surface area contributed by atoms with Crippen LogP contribution in [0.3, 0.4) is 0 Å². The minimum atomic E-state index is 0.540. The first-order chi connectivity index (χ1) is 9.90. The summed E-state index contributed by atoms with van der Waals surface area (Å²) >= 11 is 1.79. The van der Waals surface area contributed by atoms with E-state index in [0.717, 1.165) is 23.7 Å². The van der Waals surface area contributed by atoms with Gasteiger partial charge < -0.3 is 4.90 Å². The number of anilines is 1. The molecular weight excluding hydrogens is 268 g/mol. The van der Waals surface area contributed by atoms with E-state index < -0.39 is 0 Å². The van der Waals surface area contributed by atoms with Gasteiger partial charge in [-0.15, -0.1) is 0 Å². The Labute approximate surface area is 121 Å². The summed E-state index contributed by atoms with van der Waals surface area (Å²) in [6.07, 6.45) is 4.27. The average Bonchev–Trinajstić information content (AvgIpc) is 3.16. The van der Waals surface area contributed by atoms with Gasteiger partial charge in [0.05, 0.1) is 10.2 Å². The third-order valence-corrected chi connectivity index (χ3v) is 5.03. The largest absolute Gasteiger partial charge is 0.347 e. The lowest BCUT2D eigenvalue weighted by Gasteiger charge is -2.31. The van der Waals surface area contributed by atoms with E-state index in [1.807, 2.05) is 6.20 Å². The molecule has 0 bridgehead atoms. The molecule has 20 heavy (non-hydrogen) atoms. The van der Waals surface area contributed by atoms with Crippen molar-refractivity contribution in [2.24, 2.45) is 0 Å². The number of nitrogens with zero attached hydrogens (tertiary/aromatic N) is 3. The second-order valence-electron chi connectivity index (χ2n) is 5.26. The maximum atomic E-state index is 4.77. The van der Waals surface area contributed by atoms with Crippen molar-refractivity contribution in [2.75, 3.05) is 18.0 Å². The van der Waals surface area contributed by atoms with Crippen molar-refractivity contribution in [2.45, 2.75) is 18.8 Å². The molecule has 1 N–H and O–H groups in total. The first kappa shape index (κ1) is 11.9. The van der Waals surface area contributed by atoms with Gasteiger partial charge >= 0.3 is 0 Å². The van der Waals surface area contributed by atoms with E-state index >= 15 is 0 Å². The molecule has 3 heterocycles. The fourth-order valence-corrected chi connectivity index (χ4v) is 3.89. The summed E-state index contributed by atoms with van der Waals surface area (Å²) in [6, 6.07) is 10.5. The van der Waals surface area contributed by atoms with Gasteiger partial charge in [-0.25, -0.2) is 4.98 Å². The topological polar surface area (TPSA) is 44.8 Å². The molecule has 4 rings (SSSR count). The smallest absolute Gasteiger partial charge is 0.186 e. The van der Waals surface area contributed by atoms with Gasteiger partial charge in [-0.3, -0.25) is 5.10 Å². The van der Waals surface area contributed by atoms with Crippen LogP contribution in [0.1, 0.15) is 24.5 Å². The van der Waals surface area contributed by atoms with Gasteiger partial charge in [-0.2, -0.15) is 5.10 Å². The quantitative estimate of drug-likeness (QED) is 0.784. The molecule has 102 valence electrons. The van der Waals surface area contributed by atoms with Crippen molar-refractivity contribution in [1.29, 1.82) is 0 Å². The molecule has 1 saturated heterocycles. The lowest BCUT2D eigenvalue weighted by Crippen LogP contribution is -2.34. The normalized spacial score (nSPS) is 19.6. The van der Waals surface area contributed by atoms with E-state index in [9.17, 15) is 0 Å². The molecule has 4 nitrogen and oxygen atoms in total. The van der Waals surface area contributed by atoms with Gasteiger partial charge in [0, 0.05) is 30.9 Å². The van der Waals surface area contributed by atoms with E-state index in [2.05, 4.69) is 45.4 Å². The minimum Gasteiger partial charge on any atom is -0.347 e. The Morgan fingerprint density at radius 2 is 2.20 bits per heavy atom. The van der Waals surface area contributed by atoms with Crippen LogP contribution in [-0.2, 0) is 0 Å². The number of piperidine rings is 1. The maximum Gasteiger partial charge on any atom is 0.186 e. The molecule has 1 fully saturated rings. The second kappa shape index (κ2) is 4.90. The Bertz CT molecular complexity index is 671. The standard InChI is InChI=1S/C15H16N4S/c1-2-6-14-13(5-1)17-15(20-14)19-9-3-4-11(10-19)12-7-8-16-18-12/h1-2,5-8,11H,3-4,9-10H2,(H,16,18)/t11-/m1/s1. The van der Waals surface area contributed by atoms with Crippen LogP contribution < -0.4 is 4.90 Å². The highest BCUT2D eigenvalue weighted by atomic mass is 32.1. The van der Waals surface area contributed by atoms with E-state index in [1.165, 1.54) is 23.2 Å². The third-order valence-electron chi connectivity index (χ3n) is 3.94. The Morgan fingerprint density at radius 1 is 1.25 bits per heavy atom. The zero-order chi connectivity index (χ0) is 13.4. The van der Waals surface area contributed by atoms with Gasteiger partial charge in [0.2, 0.25) is 0 Å². The Hall–Kier alpha value is -1.88. The lowest BCUT2D eigenvalue weighted by atomic mass is 9.95. The fourth-order valence-electron chi connectivity index (χ4n) is 2.89. The highest BCUT2D eigenvalue weighted by molar-refractivity contribution is 7.22. The summed E-state index contributed by atoms with van der Waals surface area (Å²) < 4.78 is 1.27. The van der Waals surface area contributed by atoms with Crippen molar-refractivity contribution >= 4 is 26.7 Å². The molecule has 2 aromatic heterocycles. The van der Waals surface area contributed by atoms with Crippen molar-refractivity contribution in [3.8, 4) is 0 Å². The Balaban J connectivity index is 1.61. The highest BCUT2D eigenvalue weighted by Crippen LogP contribution is 2.33. The summed E-state index contributed by atoms with van der Waals surface area (Å²) in [6.45, 7) is 2.13. The zero-order valence-electron chi connectivity index (χ0n) is 11.1. The average molecular weight is 284 g/mol. The van der Waals surface area contributed by atoms with Gasteiger partial charge in [0.15, 0.2) is 5.13 Å². The molecule has 0 spiro atoms. The summed E-state index contributed by atoms with van der Waals surface area (Å²) in [7, 11) is 0. The minimum absolute atomic E-state index is 0.540. The number of hydrogen-bond acceptors (Lipinski definition) is 4. The van der Waals surface area contributed by atoms with Crippen molar-refractivity contribution in [3.63, 3.8) is 0 Å². The molecule has 0 amide bonds. The van der Waals surface area contributed by atoms with Gasteiger partial charge in [0.25, 0.3) is 0 Å². The van der Waals surface area contributed by atoms with Crippen LogP contribution in [0.2, 0.25) is 0 Å². The number of para-hydroxylation sites is 1. The monoisotopic (exact) mass is 284 g/mol. The molecule has 0 aliphatic carbocycles. The molecule has 1 aliphatic rings. The summed E-state index contributed by atoms with van der Waals surface area (Å²) in [5.41, 5.74) is 2.35. The zero-order valence-corrected chi connectivity index (χ0v) is 11.9. The van der Waals surface area contributed by atoms with Gasteiger partial charge in [0.1, 0.15) is 0 Å². The summed E-state index contributed by atoms with van der Waals surface area (Å²) in [5, 5.41) is 8.33. The number of nitrogens with one attached hydrogen (secondary N) is 1. The van der Waals surface area contributed by atoms with Crippen molar-refractivity contribution in [1.82, 2.24) is 15.2 Å². The number of benzene rings is 1. The molecule has 0 saturated carbocycles. The van der Waals surface area contributed by atoms with Crippen molar-refractivity contribution < 1.29 is 0 Å². The van der Waals surface area contributed by atoms with Crippen LogP contribution in [0.4, 0.5) is 5.13 Å². The molecule has 5 heteroatoms.